The monoisotopic (exact) mass is 249 g/mol. The lowest BCUT2D eigenvalue weighted by molar-refractivity contribution is 0.594. The molecule has 0 aliphatic carbocycles. The first-order valence-corrected chi connectivity index (χ1v) is 7.02. The van der Waals surface area contributed by atoms with Crippen molar-refractivity contribution in [2.45, 2.75) is 40.7 Å². The first-order chi connectivity index (χ1) is 8.58. The van der Waals surface area contributed by atoms with Crippen molar-refractivity contribution in [1.29, 1.82) is 0 Å². The Bertz CT molecular complexity index is 332. The molecule has 3 nitrogen and oxygen atoms in total. The van der Waals surface area contributed by atoms with E-state index in [4.69, 9.17) is 0 Å². The molecule has 0 aliphatic heterocycles. The molecule has 0 radical (unpaired) electrons. The number of nitrogens with one attached hydrogen (secondary N) is 1. The molecular formula is C15H27N3. The van der Waals surface area contributed by atoms with Gasteiger partial charge in [0, 0.05) is 25.3 Å². The van der Waals surface area contributed by atoms with Gasteiger partial charge in [-0.05, 0) is 37.9 Å². The first-order valence-electron chi connectivity index (χ1n) is 7.02. The van der Waals surface area contributed by atoms with Crippen LogP contribution in [0.4, 0.5) is 5.82 Å². The molecule has 0 saturated carbocycles. The summed E-state index contributed by atoms with van der Waals surface area (Å²) in [4.78, 5) is 6.92. The van der Waals surface area contributed by atoms with Crippen molar-refractivity contribution in [2.24, 2.45) is 5.92 Å². The van der Waals surface area contributed by atoms with E-state index in [2.05, 4.69) is 62.0 Å². The van der Waals surface area contributed by atoms with Crippen molar-refractivity contribution in [3.63, 3.8) is 0 Å². The van der Waals surface area contributed by atoms with Gasteiger partial charge in [-0.15, -0.1) is 0 Å². The minimum atomic E-state index is 0.372. The number of anilines is 1. The lowest BCUT2D eigenvalue weighted by Gasteiger charge is -2.24. The summed E-state index contributed by atoms with van der Waals surface area (Å²) in [5.41, 5.74) is 1.25. The number of pyridine rings is 1. The average Bonchev–Trinajstić information content (AvgIpc) is 2.36. The molecule has 1 rings (SSSR count). The third-order valence-corrected chi connectivity index (χ3v) is 3.07. The fourth-order valence-corrected chi connectivity index (χ4v) is 2.09. The van der Waals surface area contributed by atoms with Crippen LogP contribution in [0.25, 0.3) is 0 Å². The number of rotatable bonds is 7. The second-order valence-electron chi connectivity index (χ2n) is 5.16. The van der Waals surface area contributed by atoms with E-state index in [1.54, 1.807) is 0 Å². The molecule has 0 aliphatic rings. The Morgan fingerprint density at radius 3 is 2.39 bits per heavy atom. The summed E-state index contributed by atoms with van der Waals surface area (Å²) in [7, 11) is 0. The topological polar surface area (TPSA) is 28.2 Å². The maximum absolute atomic E-state index is 4.59. The van der Waals surface area contributed by atoms with Crippen LogP contribution in [-0.2, 0) is 0 Å². The van der Waals surface area contributed by atoms with Crippen LogP contribution >= 0.6 is 0 Å². The maximum Gasteiger partial charge on any atom is 0.128 e. The number of hydrogen-bond donors (Lipinski definition) is 1. The second-order valence-corrected chi connectivity index (χ2v) is 5.16. The van der Waals surface area contributed by atoms with Gasteiger partial charge in [0.2, 0.25) is 0 Å². The summed E-state index contributed by atoms with van der Waals surface area (Å²) in [5.74, 6) is 1.74. The predicted molar refractivity (Wildman–Crippen MR) is 79.1 cm³/mol. The Morgan fingerprint density at radius 1 is 1.22 bits per heavy atom. The number of hydrogen-bond acceptors (Lipinski definition) is 3. The fourth-order valence-electron chi connectivity index (χ4n) is 2.09. The van der Waals surface area contributed by atoms with Gasteiger partial charge in [-0.25, -0.2) is 4.98 Å². The molecule has 0 spiro atoms. The highest BCUT2D eigenvalue weighted by molar-refractivity contribution is 5.39. The van der Waals surface area contributed by atoms with Crippen LogP contribution < -0.4 is 10.2 Å². The molecule has 1 atom stereocenters. The minimum Gasteiger partial charge on any atom is -0.357 e. The molecule has 3 heteroatoms. The van der Waals surface area contributed by atoms with Gasteiger partial charge in [0.05, 0.1) is 0 Å². The lowest BCUT2D eigenvalue weighted by atomic mass is 10.1. The summed E-state index contributed by atoms with van der Waals surface area (Å²) in [6, 6.07) is 4.69. The van der Waals surface area contributed by atoms with Gasteiger partial charge in [-0.1, -0.05) is 26.8 Å². The molecule has 0 saturated heterocycles. The zero-order valence-corrected chi connectivity index (χ0v) is 12.4. The first kappa shape index (κ1) is 15.0. The molecule has 1 aromatic heterocycles. The third kappa shape index (κ3) is 4.30. The van der Waals surface area contributed by atoms with Crippen molar-refractivity contribution in [3.8, 4) is 0 Å². The summed E-state index contributed by atoms with van der Waals surface area (Å²) in [5, 5.41) is 3.40. The van der Waals surface area contributed by atoms with E-state index < -0.39 is 0 Å². The maximum atomic E-state index is 4.59. The van der Waals surface area contributed by atoms with E-state index in [0.29, 0.717) is 12.0 Å². The molecule has 0 bridgehead atoms. The molecule has 1 heterocycles. The summed E-state index contributed by atoms with van der Waals surface area (Å²) < 4.78 is 0. The van der Waals surface area contributed by atoms with Gasteiger partial charge >= 0.3 is 0 Å². The van der Waals surface area contributed by atoms with Gasteiger partial charge in [-0.2, -0.15) is 0 Å². The molecule has 1 unspecified atom stereocenters. The van der Waals surface area contributed by atoms with Crippen LogP contribution in [0.15, 0.2) is 18.3 Å². The highest BCUT2D eigenvalue weighted by Gasteiger charge is 2.09. The number of aromatic nitrogens is 1. The highest BCUT2D eigenvalue weighted by atomic mass is 15.2. The summed E-state index contributed by atoms with van der Waals surface area (Å²) in [6.45, 7) is 14.0. The van der Waals surface area contributed by atoms with Crippen molar-refractivity contribution in [1.82, 2.24) is 10.3 Å². The molecule has 0 aromatic carbocycles. The second kappa shape index (κ2) is 7.37. The molecule has 0 amide bonds. The smallest absolute Gasteiger partial charge is 0.128 e. The van der Waals surface area contributed by atoms with E-state index in [-0.39, 0.29) is 0 Å². The lowest BCUT2D eigenvalue weighted by Crippen LogP contribution is -2.28. The predicted octanol–water partition coefficient (Wildman–Crippen LogP) is 3.23. The highest BCUT2D eigenvalue weighted by Crippen LogP contribution is 2.16. The molecule has 18 heavy (non-hydrogen) atoms. The Balaban J connectivity index is 2.74. The average molecular weight is 249 g/mol. The van der Waals surface area contributed by atoms with Crippen LogP contribution in [0.3, 0.4) is 0 Å². The normalized spacial score (nSPS) is 12.8. The van der Waals surface area contributed by atoms with E-state index in [1.807, 2.05) is 6.20 Å². The van der Waals surface area contributed by atoms with E-state index >= 15 is 0 Å². The summed E-state index contributed by atoms with van der Waals surface area (Å²) in [6.07, 6.45) is 1.99. The Hall–Kier alpha value is -1.09. The SMILES string of the molecule is CCNC(C)c1ccc(N(CC)CC(C)C)nc1. The number of nitrogens with zero attached hydrogens (tertiary/aromatic N) is 2. The van der Waals surface area contributed by atoms with E-state index in [1.165, 1.54) is 5.56 Å². The minimum absolute atomic E-state index is 0.372. The van der Waals surface area contributed by atoms with Crippen LogP contribution in [0, 0.1) is 5.92 Å². The molecule has 1 N–H and O–H groups in total. The van der Waals surface area contributed by atoms with Crippen molar-refractivity contribution >= 4 is 5.82 Å². The standard InChI is InChI=1S/C15H27N3/c1-6-16-13(5)14-8-9-15(17-10-14)18(7-2)11-12(3)4/h8-10,12-13,16H,6-7,11H2,1-5H3. The van der Waals surface area contributed by atoms with Gasteiger partial charge in [0.1, 0.15) is 5.82 Å². The Kier molecular flexibility index (Phi) is 6.13. The van der Waals surface area contributed by atoms with Crippen LogP contribution in [0.1, 0.15) is 46.2 Å². The molecule has 0 fully saturated rings. The molecular weight excluding hydrogens is 222 g/mol. The Labute approximate surface area is 112 Å². The van der Waals surface area contributed by atoms with Crippen molar-refractivity contribution in [3.05, 3.63) is 23.9 Å². The van der Waals surface area contributed by atoms with Gasteiger partial charge in [-0.3, -0.25) is 0 Å². The van der Waals surface area contributed by atoms with E-state index in [0.717, 1.165) is 25.5 Å². The van der Waals surface area contributed by atoms with Crippen LogP contribution in [0.2, 0.25) is 0 Å². The summed E-state index contributed by atoms with van der Waals surface area (Å²) >= 11 is 0. The molecule has 1 aromatic rings. The van der Waals surface area contributed by atoms with Gasteiger partial charge in [0.15, 0.2) is 0 Å². The zero-order valence-electron chi connectivity index (χ0n) is 12.4. The van der Waals surface area contributed by atoms with E-state index in [9.17, 15) is 0 Å². The van der Waals surface area contributed by atoms with Gasteiger partial charge < -0.3 is 10.2 Å². The van der Waals surface area contributed by atoms with Crippen LogP contribution in [0.5, 0.6) is 0 Å². The third-order valence-electron chi connectivity index (χ3n) is 3.07. The largest absolute Gasteiger partial charge is 0.357 e. The van der Waals surface area contributed by atoms with Crippen LogP contribution in [-0.4, -0.2) is 24.6 Å². The zero-order chi connectivity index (χ0) is 13.5. The Morgan fingerprint density at radius 2 is 1.94 bits per heavy atom. The quantitative estimate of drug-likeness (QED) is 0.804. The molecule has 102 valence electrons. The van der Waals surface area contributed by atoms with Crippen molar-refractivity contribution in [2.75, 3.05) is 24.5 Å². The van der Waals surface area contributed by atoms with Crippen molar-refractivity contribution < 1.29 is 0 Å². The van der Waals surface area contributed by atoms with Gasteiger partial charge in [0.25, 0.3) is 0 Å². The fraction of sp³-hybridized carbons (Fsp3) is 0.667.